The van der Waals surface area contributed by atoms with E-state index in [2.05, 4.69) is 0 Å². The molecule has 1 rings (SSSR count). The average Bonchev–Trinajstić information content (AvgIpc) is 1.99. The van der Waals surface area contributed by atoms with E-state index in [1.165, 1.54) is 12.1 Å². The van der Waals surface area contributed by atoms with Crippen molar-refractivity contribution in [1.29, 1.82) is 0 Å². The van der Waals surface area contributed by atoms with Crippen molar-refractivity contribution in [3.8, 4) is 5.75 Å². The summed E-state index contributed by atoms with van der Waals surface area (Å²) in [5.74, 6) is -5.14. The summed E-state index contributed by atoms with van der Waals surface area (Å²) in [5, 5.41) is 9.22. The molecular formula is C9H10F2O3S. The topological polar surface area (TPSA) is 54.4 Å². The molecule has 0 radical (unpaired) electrons. The number of halogens is 2. The Morgan fingerprint density at radius 2 is 1.87 bits per heavy atom. The summed E-state index contributed by atoms with van der Waals surface area (Å²) in [4.78, 5) is -0.466. The molecule has 3 nitrogen and oxygen atoms in total. The van der Waals surface area contributed by atoms with Crippen molar-refractivity contribution in [2.45, 2.75) is 17.7 Å². The number of para-hydroxylation sites is 1. The van der Waals surface area contributed by atoms with E-state index in [0.29, 0.717) is 6.92 Å². The first kappa shape index (κ1) is 11.9. The molecule has 0 aliphatic carbocycles. The first-order chi connectivity index (χ1) is 6.72. The molecule has 6 heteroatoms. The summed E-state index contributed by atoms with van der Waals surface area (Å²) in [7, 11) is -4.15. The van der Waals surface area contributed by atoms with E-state index in [-0.39, 0.29) is 0 Å². The normalized spacial score (nSPS) is 12.7. The molecule has 15 heavy (non-hydrogen) atoms. The Balaban J connectivity index is 3.13. The van der Waals surface area contributed by atoms with E-state index in [0.717, 1.165) is 12.1 Å². The summed E-state index contributed by atoms with van der Waals surface area (Å²) >= 11 is 0. The maximum atomic E-state index is 12.6. The predicted octanol–water partition coefficient (Wildman–Crippen LogP) is 1.82. The van der Waals surface area contributed by atoms with Gasteiger partial charge in [-0.15, -0.1) is 0 Å². The fourth-order valence-corrected chi connectivity index (χ4v) is 2.63. The molecule has 0 heterocycles. The lowest BCUT2D eigenvalue weighted by molar-refractivity contribution is 0.0473. The van der Waals surface area contributed by atoms with Crippen LogP contribution in [-0.2, 0) is 9.84 Å². The molecule has 0 aromatic heterocycles. The Kier molecular flexibility index (Phi) is 2.99. The van der Waals surface area contributed by atoms with Gasteiger partial charge in [-0.3, -0.25) is 0 Å². The molecule has 0 unspecified atom stereocenters. The number of phenols is 1. The zero-order valence-electron chi connectivity index (χ0n) is 7.94. The van der Waals surface area contributed by atoms with Crippen LogP contribution < -0.4 is 0 Å². The van der Waals surface area contributed by atoms with Crippen molar-refractivity contribution in [3.63, 3.8) is 0 Å². The monoisotopic (exact) mass is 236 g/mol. The molecule has 0 aliphatic heterocycles. The molecule has 0 aliphatic rings. The second kappa shape index (κ2) is 3.77. The van der Waals surface area contributed by atoms with Gasteiger partial charge in [-0.25, -0.2) is 17.2 Å². The Labute approximate surface area is 86.3 Å². The van der Waals surface area contributed by atoms with E-state index in [1.807, 2.05) is 0 Å². The lowest BCUT2D eigenvalue weighted by Crippen LogP contribution is -2.24. The Bertz CT molecular complexity index is 449. The number of aromatic hydroxyl groups is 1. The number of benzene rings is 1. The zero-order valence-corrected chi connectivity index (χ0v) is 8.76. The lowest BCUT2D eigenvalue weighted by atomic mass is 10.3. The molecule has 0 amide bonds. The zero-order chi connectivity index (χ0) is 11.7. The number of hydrogen-bond acceptors (Lipinski definition) is 3. The van der Waals surface area contributed by atoms with Gasteiger partial charge in [0.25, 0.3) is 5.92 Å². The molecule has 1 aromatic carbocycles. The van der Waals surface area contributed by atoms with Gasteiger partial charge in [-0.2, -0.15) is 0 Å². The Morgan fingerprint density at radius 1 is 1.33 bits per heavy atom. The standard InChI is InChI=1S/C9H10F2O3S/c1-9(10,11)6-15(13,14)8-5-3-2-4-7(8)12/h2-5,12H,6H2,1H3. The van der Waals surface area contributed by atoms with Gasteiger partial charge in [0.2, 0.25) is 0 Å². The minimum atomic E-state index is -4.15. The Morgan fingerprint density at radius 3 is 2.33 bits per heavy atom. The summed E-state index contributed by atoms with van der Waals surface area (Å²) in [6, 6.07) is 5.01. The van der Waals surface area contributed by atoms with E-state index in [9.17, 15) is 22.3 Å². The van der Waals surface area contributed by atoms with Gasteiger partial charge in [0, 0.05) is 6.92 Å². The third-order valence-electron chi connectivity index (χ3n) is 1.64. The van der Waals surface area contributed by atoms with Crippen LogP contribution in [0.1, 0.15) is 6.92 Å². The second-order valence-electron chi connectivity index (χ2n) is 3.30. The van der Waals surface area contributed by atoms with Crippen molar-refractivity contribution in [2.75, 3.05) is 5.75 Å². The molecule has 0 spiro atoms. The van der Waals surface area contributed by atoms with Crippen LogP contribution in [0.15, 0.2) is 29.2 Å². The van der Waals surface area contributed by atoms with Crippen LogP contribution in [0.5, 0.6) is 5.75 Å². The van der Waals surface area contributed by atoms with E-state index >= 15 is 0 Å². The molecule has 0 bridgehead atoms. The van der Waals surface area contributed by atoms with Crippen LogP contribution in [0.4, 0.5) is 8.78 Å². The second-order valence-corrected chi connectivity index (χ2v) is 5.26. The van der Waals surface area contributed by atoms with Gasteiger partial charge in [0.05, 0.1) is 0 Å². The predicted molar refractivity (Wildman–Crippen MR) is 50.8 cm³/mol. The third kappa shape index (κ3) is 3.16. The van der Waals surface area contributed by atoms with Crippen LogP contribution in [0.3, 0.4) is 0 Å². The Hall–Kier alpha value is -1.17. The molecule has 0 saturated heterocycles. The maximum absolute atomic E-state index is 12.6. The van der Waals surface area contributed by atoms with Crippen LogP contribution in [0, 0.1) is 0 Å². The largest absolute Gasteiger partial charge is 0.507 e. The lowest BCUT2D eigenvalue weighted by Gasteiger charge is -2.11. The third-order valence-corrected chi connectivity index (χ3v) is 3.55. The van der Waals surface area contributed by atoms with Gasteiger partial charge >= 0.3 is 0 Å². The smallest absolute Gasteiger partial charge is 0.259 e. The number of sulfone groups is 1. The maximum Gasteiger partial charge on any atom is 0.259 e. The van der Waals surface area contributed by atoms with E-state index in [1.54, 1.807) is 0 Å². The highest BCUT2D eigenvalue weighted by atomic mass is 32.2. The van der Waals surface area contributed by atoms with Crippen molar-refractivity contribution in [2.24, 2.45) is 0 Å². The van der Waals surface area contributed by atoms with Crippen molar-refractivity contribution >= 4 is 9.84 Å². The highest BCUT2D eigenvalue weighted by molar-refractivity contribution is 7.91. The van der Waals surface area contributed by atoms with E-state index < -0.39 is 32.2 Å². The fraction of sp³-hybridized carbons (Fsp3) is 0.333. The molecule has 84 valence electrons. The minimum Gasteiger partial charge on any atom is -0.507 e. The average molecular weight is 236 g/mol. The molecule has 0 fully saturated rings. The minimum absolute atomic E-state index is 0.466. The highest BCUT2D eigenvalue weighted by Crippen LogP contribution is 2.26. The first-order valence-electron chi connectivity index (χ1n) is 4.11. The van der Waals surface area contributed by atoms with Gasteiger partial charge in [0.1, 0.15) is 16.4 Å². The molecule has 0 atom stereocenters. The highest BCUT2D eigenvalue weighted by Gasteiger charge is 2.32. The molecular weight excluding hydrogens is 226 g/mol. The molecule has 1 aromatic rings. The number of phenolic OH excluding ortho intramolecular Hbond substituents is 1. The quantitative estimate of drug-likeness (QED) is 0.870. The summed E-state index contributed by atoms with van der Waals surface area (Å²) in [6.45, 7) is 0.518. The van der Waals surface area contributed by atoms with Crippen LogP contribution in [0.25, 0.3) is 0 Å². The molecule has 1 N–H and O–H groups in total. The van der Waals surface area contributed by atoms with Crippen molar-refractivity contribution in [1.82, 2.24) is 0 Å². The van der Waals surface area contributed by atoms with Gasteiger partial charge in [-0.05, 0) is 12.1 Å². The summed E-state index contributed by atoms with van der Waals surface area (Å²) in [6.07, 6.45) is 0. The van der Waals surface area contributed by atoms with Crippen molar-refractivity contribution in [3.05, 3.63) is 24.3 Å². The van der Waals surface area contributed by atoms with E-state index in [4.69, 9.17) is 0 Å². The number of alkyl halides is 2. The van der Waals surface area contributed by atoms with Gasteiger partial charge in [0.15, 0.2) is 9.84 Å². The van der Waals surface area contributed by atoms with Crippen molar-refractivity contribution < 1.29 is 22.3 Å². The summed E-state index contributed by atoms with van der Waals surface area (Å²) < 4.78 is 48.0. The van der Waals surface area contributed by atoms with Crippen LogP contribution >= 0.6 is 0 Å². The van der Waals surface area contributed by atoms with Gasteiger partial charge in [-0.1, -0.05) is 12.1 Å². The molecule has 0 saturated carbocycles. The first-order valence-corrected chi connectivity index (χ1v) is 5.76. The van der Waals surface area contributed by atoms with Gasteiger partial charge < -0.3 is 5.11 Å². The number of hydrogen-bond donors (Lipinski definition) is 1. The van der Waals surface area contributed by atoms with Crippen LogP contribution in [0.2, 0.25) is 0 Å². The number of rotatable bonds is 3. The SMILES string of the molecule is CC(F)(F)CS(=O)(=O)c1ccccc1O. The fourth-order valence-electron chi connectivity index (χ4n) is 1.13. The summed E-state index contributed by atoms with van der Waals surface area (Å²) in [5.41, 5.74) is 0. The van der Waals surface area contributed by atoms with Crippen LogP contribution in [-0.4, -0.2) is 25.2 Å².